The van der Waals surface area contributed by atoms with Gasteiger partial charge in [-0.1, -0.05) is 97.1 Å². The molecule has 5 nitrogen and oxygen atoms in total. The molecule has 0 aliphatic heterocycles. The van der Waals surface area contributed by atoms with E-state index in [0.29, 0.717) is 13.2 Å². The Bertz CT molecular complexity index is 1580. The van der Waals surface area contributed by atoms with Crippen LogP contribution in [0.4, 0.5) is 0 Å². The summed E-state index contributed by atoms with van der Waals surface area (Å²) in [5.74, 6) is -0.243. The van der Waals surface area contributed by atoms with Crippen LogP contribution in [0, 0.1) is 0 Å². The Kier molecular flexibility index (Phi) is 7.65. The van der Waals surface area contributed by atoms with Crippen molar-refractivity contribution in [1.82, 2.24) is 9.13 Å². The van der Waals surface area contributed by atoms with Crippen LogP contribution in [0.2, 0.25) is 0 Å². The zero-order valence-electron chi connectivity index (χ0n) is 21.4. The highest BCUT2D eigenvalue weighted by atomic mass is 16.5. The predicted octanol–water partition coefficient (Wildman–Crippen LogP) is 6.26. The van der Waals surface area contributed by atoms with Gasteiger partial charge in [-0.15, -0.1) is 0 Å². The van der Waals surface area contributed by atoms with Gasteiger partial charge >= 0.3 is 5.97 Å². The highest BCUT2D eigenvalue weighted by Gasteiger charge is 2.17. The minimum absolute atomic E-state index is 0.0223. The van der Waals surface area contributed by atoms with E-state index in [1.165, 1.54) is 11.1 Å². The van der Waals surface area contributed by atoms with Crippen molar-refractivity contribution in [2.24, 2.45) is 0 Å². The van der Waals surface area contributed by atoms with Crippen molar-refractivity contribution in [2.45, 2.75) is 25.9 Å². The summed E-state index contributed by atoms with van der Waals surface area (Å²) in [6.45, 7) is 2.75. The summed E-state index contributed by atoms with van der Waals surface area (Å²) < 4.78 is 8.78. The van der Waals surface area contributed by atoms with E-state index in [4.69, 9.17) is 4.74 Å². The third-order valence-corrected chi connectivity index (χ3v) is 6.63. The van der Waals surface area contributed by atoms with E-state index in [9.17, 15) is 9.59 Å². The molecule has 5 rings (SSSR count). The highest BCUT2D eigenvalue weighted by molar-refractivity contribution is 5.90. The molecule has 0 N–H and O–H groups in total. The number of benzene rings is 3. The Balaban J connectivity index is 1.44. The number of aromatic nitrogens is 2. The van der Waals surface area contributed by atoms with Gasteiger partial charge in [0.2, 0.25) is 0 Å². The molecule has 0 amide bonds. The minimum atomic E-state index is -0.265. The number of carbonyl (C=O) groups excluding carboxylic acids is 1. The third-order valence-electron chi connectivity index (χ3n) is 6.63. The number of allylic oxidation sites excluding steroid dienone is 1. The lowest BCUT2D eigenvalue weighted by Gasteiger charge is -2.19. The fourth-order valence-electron chi connectivity index (χ4n) is 4.91. The van der Waals surface area contributed by atoms with Crippen molar-refractivity contribution in [3.63, 3.8) is 0 Å². The number of hydrogen-bond acceptors (Lipinski definition) is 3. The summed E-state index contributed by atoms with van der Waals surface area (Å²) in [7, 11) is 0. The van der Waals surface area contributed by atoms with Gasteiger partial charge in [-0.05, 0) is 35.2 Å². The topological polar surface area (TPSA) is 53.2 Å². The maximum absolute atomic E-state index is 12.8. The van der Waals surface area contributed by atoms with Crippen LogP contribution < -0.4 is 5.56 Å². The molecule has 0 unspecified atom stereocenters. The molecular weight excluding hydrogens is 472 g/mol. The van der Waals surface area contributed by atoms with Gasteiger partial charge < -0.3 is 13.9 Å². The quantitative estimate of drug-likeness (QED) is 0.224. The van der Waals surface area contributed by atoms with Crippen LogP contribution in [0.3, 0.4) is 0 Å². The molecule has 0 saturated carbocycles. The second-order valence-corrected chi connectivity index (χ2v) is 9.14. The Morgan fingerprint density at radius 2 is 1.45 bits per heavy atom. The highest BCUT2D eigenvalue weighted by Crippen LogP contribution is 2.31. The minimum Gasteiger partial charge on any atom is -0.465 e. The van der Waals surface area contributed by atoms with E-state index >= 15 is 0 Å². The Hall–Kier alpha value is -4.64. The molecule has 5 heteroatoms. The molecule has 3 aromatic carbocycles. The zero-order valence-corrected chi connectivity index (χ0v) is 21.4. The number of rotatable bonds is 9. The molecule has 190 valence electrons. The molecule has 38 heavy (non-hydrogen) atoms. The van der Waals surface area contributed by atoms with Gasteiger partial charge in [-0.25, -0.2) is 0 Å². The lowest BCUT2D eigenvalue weighted by atomic mass is 9.86. The molecule has 0 radical (unpaired) electrons. The van der Waals surface area contributed by atoms with Crippen LogP contribution >= 0.6 is 0 Å². The van der Waals surface area contributed by atoms with Gasteiger partial charge in [0.15, 0.2) is 0 Å². The fraction of sp³-hybridized carbons (Fsp3) is 0.152. The van der Waals surface area contributed by atoms with Crippen molar-refractivity contribution in [3.05, 3.63) is 148 Å². The number of ether oxygens (including phenoxy) is 1. The second kappa shape index (κ2) is 11.6. The molecule has 0 bridgehead atoms. The molecule has 0 atom stereocenters. The molecule has 0 spiro atoms. The lowest BCUT2D eigenvalue weighted by molar-refractivity contribution is -0.143. The molecule has 2 aromatic heterocycles. The smallest absolute Gasteiger partial charge is 0.325 e. The summed E-state index contributed by atoms with van der Waals surface area (Å²) in [5.41, 5.74) is 5.31. The zero-order chi connectivity index (χ0) is 26.3. The van der Waals surface area contributed by atoms with E-state index in [-0.39, 0.29) is 24.0 Å². The molecular formula is C33H30N2O3. The number of carbonyl (C=O) groups is 1. The van der Waals surface area contributed by atoms with Gasteiger partial charge in [-0.2, -0.15) is 0 Å². The first-order chi connectivity index (χ1) is 18.6. The molecule has 5 aromatic rings. The SMILES string of the molecule is CCOC(=O)Cn1cc(C=CCn2cc(C(c3ccccc3)c3ccccc3)ccc2=O)c2ccccc21. The summed E-state index contributed by atoms with van der Waals surface area (Å²) in [4.78, 5) is 24.9. The molecule has 0 fully saturated rings. The number of para-hydroxylation sites is 1. The van der Waals surface area contributed by atoms with Crippen molar-refractivity contribution < 1.29 is 9.53 Å². The van der Waals surface area contributed by atoms with E-state index in [1.54, 1.807) is 17.6 Å². The van der Waals surface area contributed by atoms with Crippen LogP contribution in [0.5, 0.6) is 0 Å². The standard InChI is InChI=1S/C33H30N2O3/c1-2-38-32(37)24-35-22-27(29-17-9-10-18-30(29)35)16-11-21-34-23-28(19-20-31(34)36)33(25-12-5-3-6-13-25)26-14-7-4-8-15-26/h3-20,22-23,33H,2,21,24H2,1H3. The first-order valence-electron chi connectivity index (χ1n) is 12.8. The van der Waals surface area contributed by atoms with Gasteiger partial charge in [0, 0.05) is 41.8 Å². The van der Waals surface area contributed by atoms with E-state index < -0.39 is 0 Å². The molecule has 0 aliphatic rings. The van der Waals surface area contributed by atoms with Crippen LogP contribution in [0.1, 0.15) is 35.1 Å². The first kappa shape index (κ1) is 25.0. The van der Waals surface area contributed by atoms with Crippen LogP contribution in [-0.4, -0.2) is 21.7 Å². The van der Waals surface area contributed by atoms with E-state index in [0.717, 1.165) is 22.0 Å². The number of nitrogens with zero attached hydrogens (tertiary/aromatic N) is 2. The van der Waals surface area contributed by atoms with E-state index in [2.05, 4.69) is 24.3 Å². The molecule has 0 aliphatic carbocycles. The molecule has 0 saturated heterocycles. The maximum atomic E-state index is 12.8. The van der Waals surface area contributed by atoms with E-state index in [1.807, 2.05) is 95.8 Å². The average Bonchev–Trinajstić information content (AvgIpc) is 3.29. The number of pyridine rings is 1. The number of fused-ring (bicyclic) bond motifs is 1. The maximum Gasteiger partial charge on any atom is 0.325 e. The summed E-state index contributed by atoms with van der Waals surface area (Å²) >= 11 is 0. The third kappa shape index (κ3) is 5.52. The first-order valence-corrected chi connectivity index (χ1v) is 12.8. The van der Waals surface area contributed by atoms with Crippen LogP contribution in [-0.2, 0) is 22.6 Å². The average molecular weight is 503 g/mol. The van der Waals surface area contributed by atoms with Crippen LogP contribution in [0.25, 0.3) is 17.0 Å². The number of esters is 1. The Morgan fingerprint density at radius 3 is 2.13 bits per heavy atom. The van der Waals surface area contributed by atoms with Gasteiger partial charge in [0.05, 0.1) is 6.61 Å². The predicted molar refractivity (Wildman–Crippen MR) is 152 cm³/mol. The molecule has 2 heterocycles. The number of hydrogen-bond donors (Lipinski definition) is 0. The Labute approximate surface area is 222 Å². The summed E-state index contributed by atoms with van der Waals surface area (Å²) in [6.07, 6.45) is 7.91. The summed E-state index contributed by atoms with van der Waals surface area (Å²) in [5, 5.41) is 1.04. The van der Waals surface area contributed by atoms with Crippen molar-refractivity contribution in [1.29, 1.82) is 0 Å². The van der Waals surface area contributed by atoms with Gasteiger partial charge in [0.1, 0.15) is 6.54 Å². The van der Waals surface area contributed by atoms with Gasteiger partial charge in [0.25, 0.3) is 5.56 Å². The fourth-order valence-corrected chi connectivity index (χ4v) is 4.91. The summed E-state index contributed by atoms with van der Waals surface area (Å²) in [6, 6.07) is 32.2. The van der Waals surface area contributed by atoms with Crippen molar-refractivity contribution >= 4 is 22.9 Å². The monoisotopic (exact) mass is 502 g/mol. The lowest BCUT2D eigenvalue weighted by Crippen LogP contribution is -2.19. The van der Waals surface area contributed by atoms with Gasteiger partial charge in [-0.3, -0.25) is 9.59 Å². The van der Waals surface area contributed by atoms with Crippen molar-refractivity contribution in [2.75, 3.05) is 6.61 Å². The normalized spacial score (nSPS) is 11.4. The Morgan fingerprint density at radius 1 is 0.789 bits per heavy atom. The second-order valence-electron chi connectivity index (χ2n) is 9.14. The van der Waals surface area contributed by atoms with Crippen molar-refractivity contribution in [3.8, 4) is 0 Å². The largest absolute Gasteiger partial charge is 0.465 e. The van der Waals surface area contributed by atoms with Crippen LogP contribution in [0.15, 0.2) is 120 Å².